The first-order valence-corrected chi connectivity index (χ1v) is 7.52. The van der Waals surface area contributed by atoms with Crippen molar-refractivity contribution in [3.8, 4) is 11.5 Å². The van der Waals surface area contributed by atoms with Crippen LogP contribution in [0.25, 0.3) is 0 Å². The Hall–Kier alpha value is -2.02. The van der Waals surface area contributed by atoms with Crippen molar-refractivity contribution in [3.05, 3.63) is 44.8 Å². The normalized spacial score (nSPS) is 10.4. The van der Waals surface area contributed by atoms with E-state index in [-0.39, 0.29) is 5.56 Å². The summed E-state index contributed by atoms with van der Waals surface area (Å²) in [6.07, 6.45) is 2.40. The molecule has 0 amide bonds. The van der Waals surface area contributed by atoms with Gasteiger partial charge in [-0.25, -0.2) is 4.68 Å². The molecule has 0 atom stereocenters. The molecule has 6 nitrogen and oxygen atoms in total. The van der Waals surface area contributed by atoms with E-state index in [2.05, 4.69) is 26.3 Å². The van der Waals surface area contributed by atoms with Gasteiger partial charge in [-0.2, -0.15) is 5.10 Å². The minimum Gasteiger partial charge on any atom is -0.493 e. The highest BCUT2D eigenvalue weighted by Gasteiger charge is 2.07. The Morgan fingerprint density at radius 2 is 2.00 bits per heavy atom. The molecule has 0 saturated carbocycles. The Kier molecular flexibility index (Phi) is 5.43. The third kappa shape index (κ3) is 3.59. The van der Waals surface area contributed by atoms with Crippen molar-refractivity contribution >= 4 is 21.6 Å². The first kappa shape index (κ1) is 16.4. The third-order valence-electron chi connectivity index (χ3n) is 3.26. The number of nitrogens with zero attached hydrogens (tertiary/aromatic N) is 2. The molecule has 2 rings (SSSR count). The molecule has 118 valence electrons. The van der Waals surface area contributed by atoms with Crippen LogP contribution in [0.5, 0.6) is 11.5 Å². The zero-order valence-electron chi connectivity index (χ0n) is 12.7. The van der Waals surface area contributed by atoms with E-state index in [1.165, 1.54) is 4.68 Å². The average Bonchev–Trinajstić information content (AvgIpc) is 2.54. The lowest BCUT2D eigenvalue weighted by molar-refractivity contribution is 0.354. The van der Waals surface area contributed by atoms with Gasteiger partial charge in [0.2, 0.25) is 0 Å². The summed E-state index contributed by atoms with van der Waals surface area (Å²) in [5.74, 6) is 1.41. The zero-order chi connectivity index (χ0) is 16.1. The summed E-state index contributed by atoms with van der Waals surface area (Å²) in [7, 11) is 4.84. The minimum absolute atomic E-state index is 0.170. The molecule has 1 aromatic carbocycles. The first-order valence-electron chi connectivity index (χ1n) is 6.73. The van der Waals surface area contributed by atoms with E-state index < -0.39 is 0 Å². The molecule has 0 aliphatic heterocycles. The van der Waals surface area contributed by atoms with E-state index >= 15 is 0 Å². The number of aromatic nitrogens is 2. The van der Waals surface area contributed by atoms with Crippen LogP contribution in [0.2, 0.25) is 0 Å². The van der Waals surface area contributed by atoms with Crippen molar-refractivity contribution in [2.24, 2.45) is 7.05 Å². The Bertz CT molecular complexity index is 716. The second kappa shape index (κ2) is 7.31. The molecule has 7 heteroatoms. The molecular weight excluding hydrogens is 350 g/mol. The topological polar surface area (TPSA) is 65.4 Å². The Labute approximate surface area is 137 Å². The molecule has 0 spiro atoms. The van der Waals surface area contributed by atoms with E-state index in [9.17, 15) is 4.79 Å². The van der Waals surface area contributed by atoms with Crippen LogP contribution in [0, 0.1) is 0 Å². The standard InChI is InChI=1S/C15H18BrN3O3/c1-19-15(20)14(16)11(9-18-19)17-7-6-10-4-5-12(21-2)13(8-10)22-3/h4-5,8-9,17H,6-7H2,1-3H3. The number of rotatable bonds is 6. The molecule has 0 radical (unpaired) electrons. The molecule has 0 aliphatic carbocycles. The van der Waals surface area contributed by atoms with Crippen molar-refractivity contribution in [1.82, 2.24) is 9.78 Å². The van der Waals surface area contributed by atoms with Gasteiger partial charge in [0.05, 0.1) is 26.1 Å². The lowest BCUT2D eigenvalue weighted by Crippen LogP contribution is -2.21. The lowest BCUT2D eigenvalue weighted by Gasteiger charge is -2.11. The highest BCUT2D eigenvalue weighted by Crippen LogP contribution is 2.27. The summed E-state index contributed by atoms with van der Waals surface area (Å²) in [5, 5.41) is 7.19. The molecule has 0 bridgehead atoms. The monoisotopic (exact) mass is 367 g/mol. The highest BCUT2D eigenvalue weighted by atomic mass is 79.9. The van der Waals surface area contributed by atoms with Crippen LogP contribution in [0.3, 0.4) is 0 Å². The number of halogens is 1. The smallest absolute Gasteiger partial charge is 0.282 e. The van der Waals surface area contributed by atoms with Gasteiger partial charge in [0.25, 0.3) is 5.56 Å². The van der Waals surface area contributed by atoms with Gasteiger partial charge in [-0.05, 0) is 40.0 Å². The number of nitrogens with one attached hydrogen (secondary N) is 1. The van der Waals surface area contributed by atoms with E-state index in [1.54, 1.807) is 27.5 Å². The largest absolute Gasteiger partial charge is 0.493 e. The zero-order valence-corrected chi connectivity index (χ0v) is 14.3. The Morgan fingerprint density at radius 3 is 2.68 bits per heavy atom. The van der Waals surface area contributed by atoms with Crippen molar-refractivity contribution in [2.45, 2.75) is 6.42 Å². The second-order valence-corrected chi connectivity index (χ2v) is 5.46. The van der Waals surface area contributed by atoms with E-state index in [1.807, 2.05) is 18.2 Å². The molecule has 2 aromatic rings. The number of methoxy groups -OCH3 is 2. The van der Waals surface area contributed by atoms with Crippen molar-refractivity contribution < 1.29 is 9.47 Å². The van der Waals surface area contributed by atoms with Crippen LogP contribution in [0.15, 0.2) is 33.7 Å². The molecular formula is C15H18BrN3O3. The predicted molar refractivity (Wildman–Crippen MR) is 88.9 cm³/mol. The Morgan fingerprint density at radius 1 is 1.27 bits per heavy atom. The van der Waals surface area contributed by atoms with Crippen molar-refractivity contribution in [2.75, 3.05) is 26.1 Å². The van der Waals surface area contributed by atoms with E-state index in [4.69, 9.17) is 9.47 Å². The molecule has 0 aliphatic rings. The van der Waals surface area contributed by atoms with Gasteiger partial charge < -0.3 is 14.8 Å². The average molecular weight is 368 g/mol. The fraction of sp³-hybridized carbons (Fsp3) is 0.333. The molecule has 1 N–H and O–H groups in total. The van der Waals surface area contributed by atoms with Crippen LogP contribution < -0.4 is 20.3 Å². The van der Waals surface area contributed by atoms with Crippen molar-refractivity contribution in [1.29, 1.82) is 0 Å². The summed E-state index contributed by atoms with van der Waals surface area (Å²) >= 11 is 3.29. The lowest BCUT2D eigenvalue weighted by atomic mass is 10.1. The summed E-state index contributed by atoms with van der Waals surface area (Å²) in [4.78, 5) is 11.8. The highest BCUT2D eigenvalue weighted by molar-refractivity contribution is 9.10. The van der Waals surface area contributed by atoms with Crippen LogP contribution in [-0.4, -0.2) is 30.5 Å². The molecule has 0 saturated heterocycles. The first-order chi connectivity index (χ1) is 10.6. The third-order valence-corrected chi connectivity index (χ3v) is 4.02. The van der Waals surface area contributed by atoms with E-state index in [0.717, 1.165) is 12.0 Å². The van der Waals surface area contributed by atoms with Gasteiger partial charge in [0.1, 0.15) is 4.47 Å². The number of anilines is 1. The number of hydrogen-bond acceptors (Lipinski definition) is 5. The second-order valence-electron chi connectivity index (χ2n) is 4.67. The SMILES string of the molecule is COc1ccc(CCNc2cnn(C)c(=O)c2Br)cc1OC. The maximum atomic E-state index is 11.8. The Balaban J connectivity index is 2.02. The van der Waals surface area contributed by atoms with Crippen LogP contribution >= 0.6 is 15.9 Å². The minimum atomic E-state index is -0.170. The van der Waals surface area contributed by atoms with Gasteiger partial charge in [0, 0.05) is 13.6 Å². The van der Waals surface area contributed by atoms with Crippen LogP contribution in [0.4, 0.5) is 5.69 Å². The van der Waals surface area contributed by atoms with Crippen LogP contribution in [0.1, 0.15) is 5.56 Å². The quantitative estimate of drug-likeness (QED) is 0.847. The predicted octanol–water partition coefficient (Wildman–Crippen LogP) is 2.21. The number of aryl methyl sites for hydroxylation is 1. The number of benzene rings is 1. The van der Waals surface area contributed by atoms with Gasteiger partial charge in [0.15, 0.2) is 11.5 Å². The van der Waals surface area contributed by atoms with Gasteiger partial charge >= 0.3 is 0 Å². The fourth-order valence-electron chi connectivity index (χ4n) is 2.01. The molecule has 0 fully saturated rings. The van der Waals surface area contributed by atoms with E-state index in [0.29, 0.717) is 28.2 Å². The van der Waals surface area contributed by atoms with Crippen LogP contribution in [-0.2, 0) is 13.5 Å². The maximum absolute atomic E-state index is 11.8. The number of hydrogen-bond donors (Lipinski definition) is 1. The van der Waals surface area contributed by atoms with Gasteiger partial charge in [-0.1, -0.05) is 6.07 Å². The summed E-state index contributed by atoms with van der Waals surface area (Å²) < 4.78 is 12.3. The molecule has 22 heavy (non-hydrogen) atoms. The summed E-state index contributed by atoms with van der Waals surface area (Å²) in [6.45, 7) is 0.670. The molecule has 1 heterocycles. The van der Waals surface area contributed by atoms with Gasteiger partial charge in [-0.15, -0.1) is 0 Å². The van der Waals surface area contributed by atoms with Crippen molar-refractivity contribution in [3.63, 3.8) is 0 Å². The summed E-state index contributed by atoms with van der Waals surface area (Å²) in [5.41, 5.74) is 1.62. The number of ether oxygens (including phenoxy) is 2. The summed E-state index contributed by atoms with van der Waals surface area (Å²) in [6, 6.07) is 5.81. The fourth-order valence-corrected chi connectivity index (χ4v) is 2.51. The molecule has 0 unspecified atom stereocenters. The maximum Gasteiger partial charge on any atom is 0.282 e. The molecule has 1 aromatic heterocycles. The van der Waals surface area contributed by atoms with Gasteiger partial charge in [-0.3, -0.25) is 4.79 Å².